The average molecular weight is 266 g/mol. The van der Waals surface area contributed by atoms with E-state index in [0.717, 1.165) is 32.4 Å². The van der Waals surface area contributed by atoms with Crippen molar-refractivity contribution in [1.29, 1.82) is 0 Å². The minimum Gasteiger partial charge on any atom is -0.508 e. The van der Waals surface area contributed by atoms with E-state index in [9.17, 15) is 5.11 Å². The number of rotatable bonds is 9. The molecule has 0 aliphatic heterocycles. The van der Waals surface area contributed by atoms with Gasteiger partial charge in [0.2, 0.25) is 0 Å². The second kappa shape index (κ2) is 8.94. The monoisotopic (exact) mass is 266 g/mol. The molecule has 0 aromatic heterocycles. The molecular weight excluding hydrogens is 238 g/mol. The topological polar surface area (TPSA) is 46.1 Å². The van der Waals surface area contributed by atoms with Gasteiger partial charge in [0.25, 0.3) is 0 Å². The summed E-state index contributed by atoms with van der Waals surface area (Å²) in [5, 5.41) is 11.6. The first kappa shape index (κ1) is 16.0. The van der Waals surface area contributed by atoms with Crippen LogP contribution >= 0.6 is 0 Å². The van der Waals surface area contributed by atoms with Crippen LogP contribution < -0.4 is 5.32 Å². The number of quaternary nitrogens is 1. The maximum absolute atomic E-state index is 9.22. The summed E-state index contributed by atoms with van der Waals surface area (Å²) in [4.78, 5) is 0. The van der Waals surface area contributed by atoms with Crippen LogP contribution in [0.15, 0.2) is 24.3 Å². The van der Waals surface area contributed by atoms with E-state index in [1.165, 1.54) is 5.56 Å². The van der Waals surface area contributed by atoms with Crippen LogP contribution in [0.3, 0.4) is 0 Å². The van der Waals surface area contributed by atoms with Gasteiger partial charge in [-0.25, -0.2) is 0 Å². The Morgan fingerprint density at radius 3 is 2.47 bits per heavy atom. The number of hydrogen-bond donors (Lipinski definition) is 2. The van der Waals surface area contributed by atoms with Gasteiger partial charge in [0, 0.05) is 12.8 Å². The highest BCUT2D eigenvalue weighted by molar-refractivity contribution is 5.25. The third-order valence-electron chi connectivity index (χ3n) is 3.19. The Morgan fingerprint density at radius 2 is 1.84 bits per heavy atom. The van der Waals surface area contributed by atoms with E-state index in [1.54, 1.807) is 12.1 Å². The molecule has 3 nitrogen and oxygen atoms in total. The first-order valence-electron chi connectivity index (χ1n) is 7.30. The van der Waals surface area contributed by atoms with Gasteiger partial charge >= 0.3 is 0 Å². The molecule has 1 aromatic carbocycles. The zero-order valence-electron chi connectivity index (χ0n) is 12.4. The third kappa shape index (κ3) is 7.85. The summed E-state index contributed by atoms with van der Waals surface area (Å²) in [5.74, 6) is 0.341. The predicted octanol–water partition coefficient (Wildman–Crippen LogP) is 2.09. The minimum atomic E-state index is 0.340. The molecule has 0 unspecified atom stereocenters. The van der Waals surface area contributed by atoms with Crippen molar-refractivity contribution in [2.75, 3.05) is 13.2 Å². The van der Waals surface area contributed by atoms with Crippen molar-refractivity contribution in [2.24, 2.45) is 0 Å². The van der Waals surface area contributed by atoms with Gasteiger partial charge in [-0.1, -0.05) is 12.1 Å². The molecule has 0 heterocycles. The van der Waals surface area contributed by atoms with E-state index in [4.69, 9.17) is 4.74 Å². The number of benzene rings is 1. The number of phenols is 1. The Hall–Kier alpha value is -1.06. The number of phenolic OH excluding ortho intramolecular Hbond substituents is 1. The number of ether oxygens (including phenoxy) is 1. The Kier molecular flexibility index (Phi) is 7.53. The molecule has 0 saturated heterocycles. The molecule has 1 aromatic rings. The number of aryl methyl sites for hydroxylation is 1. The molecular formula is C16H28NO2+. The van der Waals surface area contributed by atoms with Crippen molar-refractivity contribution < 1.29 is 15.2 Å². The summed E-state index contributed by atoms with van der Waals surface area (Å²) >= 11 is 0. The van der Waals surface area contributed by atoms with E-state index in [2.05, 4.69) is 26.1 Å². The minimum absolute atomic E-state index is 0.340. The number of aromatic hydroxyl groups is 1. The number of nitrogens with two attached hydrogens (primary N) is 1. The fourth-order valence-corrected chi connectivity index (χ4v) is 1.98. The van der Waals surface area contributed by atoms with Crippen LogP contribution in [0.1, 0.15) is 39.2 Å². The van der Waals surface area contributed by atoms with Crippen LogP contribution in [-0.2, 0) is 11.2 Å². The van der Waals surface area contributed by atoms with Crippen LogP contribution in [0, 0.1) is 0 Å². The van der Waals surface area contributed by atoms with Gasteiger partial charge in [-0.15, -0.1) is 0 Å². The lowest BCUT2D eigenvalue weighted by Crippen LogP contribution is -2.89. The van der Waals surface area contributed by atoms with E-state index in [0.29, 0.717) is 17.9 Å². The summed E-state index contributed by atoms with van der Waals surface area (Å²) in [5.41, 5.74) is 1.29. The van der Waals surface area contributed by atoms with Crippen molar-refractivity contribution >= 4 is 0 Å². The van der Waals surface area contributed by atoms with Gasteiger partial charge in [-0.3, -0.25) is 0 Å². The second-order valence-electron chi connectivity index (χ2n) is 5.48. The van der Waals surface area contributed by atoms with Crippen molar-refractivity contribution in [3.05, 3.63) is 29.8 Å². The molecule has 0 aliphatic rings. The molecule has 0 spiro atoms. The zero-order chi connectivity index (χ0) is 14.1. The van der Waals surface area contributed by atoms with Gasteiger partial charge in [0.1, 0.15) is 5.75 Å². The van der Waals surface area contributed by atoms with Crippen LogP contribution in [0.4, 0.5) is 0 Å². The fraction of sp³-hybridized carbons (Fsp3) is 0.625. The molecule has 3 heteroatoms. The molecule has 0 amide bonds. The maximum Gasteiger partial charge on any atom is 0.115 e. The summed E-state index contributed by atoms with van der Waals surface area (Å²) in [6.07, 6.45) is 3.68. The SMILES string of the molecule is CC(C)OCCC[NH2+][C@@H](C)CCc1ccc(O)cc1. The zero-order valence-corrected chi connectivity index (χ0v) is 12.4. The first-order chi connectivity index (χ1) is 9.08. The number of hydrogen-bond acceptors (Lipinski definition) is 2. The smallest absolute Gasteiger partial charge is 0.115 e. The molecule has 0 bridgehead atoms. The summed E-state index contributed by atoms with van der Waals surface area (Å²) < 4.78 is 5.52. The van der Waals surface area contributed by atoms with Crippen molar-refractivity contribution in [3.8, 4) is 5.75 Å². The lowest BCUT2D eigenvalue weighted by Gasteiger charge is -2.11. The van der Waals surface area contributed by atoms with Crippen LogP contribution in [-0.4, -0.2) is 30.4 Å². The van der Waals surface area contributed by atoms with E-state index >= 15 is 0 Å². The highest BCUT2D eigenvalue weighted by Gasteiger charge is 2.05. The molecule has 0 radical (unpaired) electrons. The lowest BCUT2D eigenvalue weighted by molar-refractivity contribution is -0.687. The molecule has 1 atom stereocenters. The maximum atomic E-state index is 9.22. The van der Waals surface area contributed by atoms with E-state index in [1.807, 2.05) is 12.1 Å². The van der Waals surface area contributed by atoms with Gasteiger partial charge in [-0.05, 0) is 44.9 Å². The molecule has 0 fully saturated rings. The molecule has 108 valence electrons. The van der Waals surface area contributed by atoms with E-state index < -0.39 is 0 Å². The first-order valence-corrected chi connectivity index (χ1v) is 7.30. The molecule has 1 rings (SSSR count). The molecule has 19 heavy (non-hydrogen) atoms. The molecule has 3 N–H and O–H groups in total. The summed E-state index contributed by atoms with van der Waals surface area (Å²) in [7, 11) is 0. The lowest BCUT2D eigenvalue weighted by atomic mass is 10.1. The van der Waals surface area contributed by atoms with Gasteiger partial charge in [0.05, 0.1) is 25.3 Å². The summed E-state index contributed by atoms with van der Waals surface area (Å²) in [6, 6.07) is 8.14. The van der Waals surface area contributed by atoms with Crippen molar-refractivity contribution in [2.45, 2.75) is 52.2 Å². The third-order valence-corrected chi connectivity index (χ3v) is 3.19. The standard InChI is InChI=1S/C16H27NO2/c1-13(2)19-12-4-11-17-14(3)5-6-15-7-9-16(18)10-8-15/h7-10,13-14,17-18H,4-6,11-12H2,1-3H3/p+1/t14-/m0/s1. The largest absolute Gasteiger partial charge is 0.508 e. The Balaban J connectivity index is 2.07. The highest BCUT2D eigenvalue weighted by atomic mass is 16.5. The van der Waals surface area contributed by atoms with Crippen LogP contribution in [0.5, 0.6) is 5.75 Å². The Bertz CT molecular complexity index is 335. The normalized spacial score (nSPS) is 12.8. The van der Waals surface area contributed by atoms with Crippen molar-refractivity contribution in [1.82, 2.24) is 0 Å². The quantitative estimate of drug-likeness (QED) is 0.672. The fourth-order valence-electron chi connectivity index (χ4n) is 1.98. The Labute approximate surface area is 117 Å². The van der Waals surface area contributed by atoms with Crippen LogP contribution in [0.25, 0.3) is 0 Å². The van der Waals surface area contributed by atoms with Gasteiger partial charge in [-0.2, -0.15) is 0 Å². The average Bonchev–Trinajstić information content (AvgIpc) is 2.37. The summed E-state index contributed by atoms with van der Waals surface area (Å²) in [6.45, 7) is 8.40. The predicted molar refractivity (Wildman–Crippen MR) is 78.4 cm³/mol. The second-order valence-corrected chi connectivity index (χ2v) is 5.48. The molecule has 0 saturated carbocycles. The highest BCUT2D eigenvalue weighted by Crippen LogP contribution is 2.11. The molecule has 0 aliphatic carbocycles. The van der Waals surface area contributed by atoms with Crippen LogP contribution in [0.2, 0.25) is 0 Å². The Morgan fingerprint density at radius 1 is 1.16 bits per heavy atom. The van der Waals surface area contributed by atoms with E-state index in [-0.39, 0.29) is 0 Å². The van der Waals surface area contributed by atoms with Gasteiger partial charge in [0.15, 0.2) is 0 Å². The van der Waals surface area contributed by atoms with Crippen molar-refractivity contribution in [3.63, 3.8) is 0 Å². The van der Waals surface area contributed by atoms with Gasteiger partial charge < -0.3 is 15.2 Å².